The maximum Gasteiger partial charge on any atom is 0.389 e. The van der Waals surface area contributed by atoms with Gasteiger partial charge in [-0.1, -0.05) is 24.6 Å². The highest BCUT2D eigenvalue weighted by molar-refractivity contribution is 9.10. The molecule has 6 heteroatoms. The summed E-state index contributed by atoms with van der Waals surface area (Å²) in [5, 5.41) is 3.79. The molecule has 19 heavy (non-hydrogen) atoms. The molecule has 0 bridgehead atoms. The van der Waals surface area contributed by atoms with E-state index in [-0.39, 0.29) is 12.5 Å². The second kappa shape index (κ2) is 7.50. The van der Waals surface area contributed by atoms with E-state index in [2.05, 4.69) is 21.2 Å². The van der Waals surface area contributed by atoms with Gasteiger partial charge in [0.05, 0.1) is 5.02 Å². The van der Waals surface area contributed by atoms with E-state index in [0.717, 1.165) is 10.0 Å². The van der Waals surface area contributed by atoms with Gasteiger partial charge in [-0.15, -0.1) is 0 Å². The lowest BCUT2D eigenvalue weighted by atomic mass is 10.0. The topological polar surface area (TPSA) is 12.0 Å². The van der Waals surface area contributed by atoms with E-state index in [1.807, 2.05) is 19.1 Å². The minimum atomic E-state index is -4.09. The fourth-order valence-electron chi connectivity index (χ4n) is 1.87. The number of hydrogen-bond donors (Lipinski definition) is 1. The van der Waals surface area contributed by atoms with Crippen LogP contribution in [0.25, 0.3) is 0 Å². The maximum absolute atomic E-state index is 12.2. The van der Waals surface area contributed by atoms with Crippen LogP contribution in [-0.2, 0) is 0 Å². The van der Waals surface area contributed by atoms with Gasteiger partial charge < -0.3 is 5.32 Å². The predicted octanol–water partition coefficient (Wildman–Crippen LogP) is 5.49. The second-order valence-electron chi connectivity index (χ2n) is 4.29. The van der Waals surface area contributed by atoms with Gasteiger partial charge in [0.2, 0.25) is 0 Å². The molecule has 0 amide bonds. The SMILES string of the molecule is CCNC(CCCC(F)(F)F)c1ccc(Cl)c(Br)c1. The summed E-state index contributed by atoms with van der Waals surface area (Å²) < 4.78 is 37.3. The molecule has 0 aliphatic rings. The molecule has 0 radical (unpaired) electrons. The standard InChI is InChI=1S/C13H16BrClF3N/c1-2-19-12(4-3-7-13(16,17)18)9-5-6-11(15)10(14)8-9/h5-6,8,12,19H,2-4,7H2,1H3. The van der Waals surface area contributed by atoms with Gasteiger partial charge >= 0.3 is 6.18 Å². The van der Waals surface area contributed by atoms with Crippen LogP contribution in [0.4, 0.5) is 13.2 Å². The Balaban J connectivity index is 2.68. The molecule has 1 aromatic carbocycles. The quantitative estimate of drug-likeness (QED) is 0.709. The molecule has 1 rings (SSSR count). The van der Waals surface area contributed by atoms with Crippen LogP contribution < -0.4 is 5.32 Å². The van der Waals surface area contributed by atoms with Gasteiger partial charge in [-0.25, -0.2) is 0 Å². The first-order chi connectivity index (χ1) is 8.83. The van der Waals surface area contributed by atoms with Crippen molar-refractivity contribution in [2.45, 2.75) is 38.4 Å². The van der Waals surface area contributed by atoms with Crippen LogP contribution in [0.3, 0.4) is 0 Å². The van der Waals surface area contributed by atoms with Gasteiger partial charge in [0.15, 0.2) is 0 Å². The van der Waals surface area contributed by atoms with Gasteiger partial charge in [0.1, 0.15) is 0 Å². The molecule has 1 unspecified atom stereocenters. The summed E-state index contributed by atoms with van der Waals surface area (Å²) in [5.74, 6) is 0. The molecule has 0 heterocycles. The number of rotatable bonds is 6. The maximum atomic E-state index is 12.2. The van der Waals surface area contributed by atoms with Gasteiger partial charge in [-0.3, -0.25) is 0 Å². The average Bonchev–Trinajstić information content (AvgIpc) is 2.30. The van der Waals surface area contributed by atoms with Crippen molar-refractivity contribution < 1.29 is 13.2 Å². The van der Waals surface area contributed by atoms with Crippen molar-refractivity contribution in [1.29, 1.82) is 0 Å². The fraction of sp³-hybridized carbons (Fsp3) is 0.538. The highest BCUT2D eigenvalue weighted by Crippen LogP contribution is 2.30. The smallest absolute Gasteiger partial charge is 0.310 e. The number of alkyl halides is 3. The zero-order valence-corrected chi connectivity index (χ0v) is 12.9. The Morgan fingerprint density at radius 1 is 1.37 bits per heavy atom. The van der Waals surface area contributed by atoms with Crippen molar-refractivity contribution in [3.8, 4) is 0 Å². The molecular weight excluding hydrogens is 343 g/mol. The molecule has 0 aliphatic carbocycles. The fourth-order valence-corrected chi connectivity index (χ4v) is 2.38. The summed E-state index contributed by atoms with van der Waals surface area (Å²) in [6.07, 6.45) is -4.27. The number of hydrogen-bond acceptors (Lipinski definition) is 1. The van der Waals surface area contributed by atoms with Crippen LogP contribution in [0.15, 0.2) is 22.7 Å². The third-order valence-electron chi connectivity index (χ3n) is 2.75. The molecule has 1 aromatic rings. The van der Waals surface area contributed by atoms with Crippen LogP contribution in [-0.4, -0.2) is 12.7 Å². The van der Waals surface area contributed by atoms with E-state index in [1.165, 1.54) is 0 Å². The minimum Gasteiger partial charge on any atom is -0.310 e. The summed E-state index contributed by atoms with van der Waals surface area (Å²) in [5.41, 5.74) is 0.945. The van der Waals surface area contributed by atoms with Crippen molar-refractivity contribution >= 4 is 27.5 Å². The third-order valence-corrected chi connectivity index (χ3v) is 3.96. The molecule has 1 nitrogen and oxygen atoms in total. The third kappa shape index (κ3) is 6.15. The summed E-state index contributed by atoms with van der Waals surface area (Å²) in [6.45, 7) is 2.64. The molecule has 1 atom stereocenters. The van der Waals surface area contributed by atoms with Crippen molar-refractivity contribution in [3.63, 3.8) is 0 Å². The average molecular weight is 359 g/mol. The van der Waals surface area contributed by atoms with E-state index in [9.17, 15) is 13.2 Å². The normalized spacial score (nSPS) is 13.6. The van der Waals surface area contributed by atoms with Crippen molar-refractivity contribution in [1.82, 2.24) is 5.32 Å². The molecule has 0 saturated heterocycles. The first-order valence-corrected chi connectivity index (χ1v) is 7.25. The Morgan fingerprint density at radius 2 is 2.05 bits per heavy atom. The summed E-state index contributed by atoms with van der Waals surface area (Å²) in [6, 6.07) is 5.35. The first kappa shape index (κ1) is 16.8. The Labute approximate surface area is 124 Å². The molecular formula is C13H16BrClF3N. The monoisotopic (exact) mass is 357 g/mol. The van der Waals surface area contributed by atoms with Crippen molar-refractivity contribution in [3.05, 3.63) is 33.3 Å². The highest BCUT2D eigenvalue weighted by atomic mass is 79.9. The molecule has 108 valence electrons. The Bertz CT molecular complexity index is 409. The highest BCUT2D eigenvalue weighted by Gasteiger charge is 2.26. The van der Waals surface area contributed by atoms with Crippen LogP contribution in [0.5, 0.6) is 0 Å². The Morgan fingerprint density at radius 3 is 2.58 bits per heavy atom. The van der Waals surface area contributed by atoms with E-state index in [4.69, 9.17) is 11.6 Å². The minimum absolute atomic E-state index is 0.0825. The number of benzene rings is 1. The molecule has 0 aromatic heterocycles. The summed E-state index contributed by atoms with van der Waals surface area (Å²) >= 11 is 9.24. The van der Waals surface area contributed by atoms with Gasteiger partial charge in [0.25, 0.3) is 0 Å². The molecule has 0 saturated carbocycles. The van der Waals surface area contributed by atoms with Crippen LogP contribution >= 0.6 is 27.5 Å². The zero-order valence-electron chi connectivity index (χ0n) is 10.5. The van der Waals surface area contributed by atoms with Crippen molar-refractivity contribution in [2.24, 2.45) is 0 Å². The summed E-state index contributed by atoms with van der Waals surface area (Å²) in [7, 11) is 0. The zero-order chi connectivity index (χ0) is 14.5. The lowest BCUT2D eigenvalue weighted by Gasteiger charge is -2.19. The van der Waals surface area contributed by atoms with Gasteiger partial charge in [-0.05, 0) is 53.0 Å². The van der Waals surface area contributed by atoms with Crippen LogP contribution in [0.2, 0.25) is 5.02 Å². The lowest BCUT2D eigenvalue weighted by molar-refractivity contribution is -0.135. The number of halogens is 5. The Kier molecular flexibility index (Phi) is 6.63. The van der Waals surface area contributed by atoms with Gasteiger partial charge in [-0.2, -0.15) is 13.2 Å². The van der Waals surface area contributed by atoms with Crippen LogP contribution in [0, 0.1) is 0 Å². The van der Waals surface area contributed by atoms with Crippen molar-refractivity contribution in [2.75, 3.05) is 6.54 Å². The predicted molar refractivity (Wildman–Crippen MR) is 75.5 cm³/mol. The van der Waals surface area contributed by atoms with E-state index < -0.39 is 12.6 Å². The van der Waals surface area contributed by atoms with Gasteiger partial charge in [0, 0.05) is 16.9 Å². The molecule has 0 fully saturated rings. The number of nitrogens with one attached hydrogen (secondary N) is 1. The summed E-state index contributed by atoms with van der Waals surface area (Å²) in [4.78, 5) is 0. The first-order valence-electron chi connectivity index (χ1n) is 6.08. The van der Waals surface area contributed by atoms with E-state index >= 15 is 0 Å². The second-order valence-corrected chi connectivity index (χ2v) is 5.55. The van der Waals surface area contributed by atoms with E-state index in [0.29, 0.717) is 18.0 Å². The molecule has 0 aliphatic heterocycles. The molecule has 1 N–H and O–H groups in total. The Hall–Kier alpha value is -0.260. The largest absolute Gasteiger partial charge is 0.389 e. The van der Waals surface area contributed by atoms with E-state index in [1.54, 1.807) is 6.07 Å². The lowest BCUT2D eigenvalue weighted by Crippen LogP contribution is -2.21. The van der Waals surface area contributed by atoms with Crippen LogP contribution in [0.1, 0.15) is 37.8 Å². The molecule has 0 spiro atoms.